The maximum absolute atomic E-state index is 10.6. The van der Waals surface area contributed by atoms with Gasteiger partial charge in [-0.1, -0.05) is 36.4 Å². The molecule has 160 valence electrons. The van der Waals surface area contributed by atoms with Gasteiger partial charge in [-0.05, 0) is 96.0 Å². The van der Waals surface area contributed by atoms with Crippen LogP contribution in [0.1, 0.15) is 20.7 Å². The van der Waals surface area contributed by atoms with Crippen molar-refractivity contribution in [1.82, 2.24) is 0 Å². The fourth-order valence-electron chi connectivity index (χ4n) is 2.56. The highest BCUT2D eigenvalue weighted by Crippen LogP contribution is 2.26. The zero-order valence-corrected chi connectivity index (χ0v) is 18.3. The van der Waals surface area contributed by atoms with Crippen molar-refractivity contribution >= 4 is 33.7 Å². The Labute approximate surface area is 195 Å². The zero-order valence-electron chi connectivity index (χ0n) is 16.8. The van der Waals surface area contributed by atoms with Gasteiger partial charge in [-0.15, -0.1) is 0 Å². The van der Waals surface area contributed by atoms with Crippen LogP contribution in [-0.2, 0) is 0 Å². The van der Waals surface area contributed by atoms with Crippen molar-refractivity contribution in [3.8, 4) is 23.0 Å². The van der Waals surface area contributed by atoms with Crippen LogP contribution in [0.15, 0.2) is 109 Å². The van der Waals surface area contributed by atoms with Crippen molar-refractivity contribution in [2.24, 2.45) is 0 Å². The van der Waals surface area contributed by atoms with Gasteiger partial charge in [0.05, 0.1) is 0 Å². The summed E-state index contributed by atoms with van der Waals surface area (Å²) in [7, 11) is 0. The summed E-state index contributed by atoms with van der Waals surface area (Å²) >= 11 is 10.4. The average Bonchev–Trinajstić information content (AvgIpc) is 2.82. The lowest BCUT2D eigenvalue weighted by Crippen LogP contribution is -1.92. The molecule has 0 spiro atoms. The van der Waals surface area contributed by atoms with Gasteiger partial charge in [0.2, 0.25) is 0 Å². The molecule has 0 unspecified atom stereocenters. The number of rotatable bonds is 6. The summed E-state index contributed by atoms with van der Waals surface area (Å²) < 4.78 is 11.5. The molecule has 0 atom stereocenters. The van der Waals surface area contributed by atoms with Crippen LogP contribution >= 0.6 is 23.2 Å². The fourth-order valence-corrected chi connectivity index (χ4v) is 2.81. The molecule has 4 aromatic rings. The molecule has 0 amide bonds. The largest absolute Gasteiger partial charge is 0.457 e. The Hall–Kier alpha value is -3.60. The van der Waals surface area contributed by atoms with Gasteiger partial charge in [0.15, 0.2) is 0 Å². The maximum atomic E-state index is 10.6. The first kappa shape index (κ1) is 23.1. The first-order chi connectivity index (χ1) is 15.5. The lowest BCUT2D eigenvalue weighted by molar-refractivity contribution is 0.107. The Morgan fingerprint density at radius 2 is 0.719 bits per heavy atom. The van der Waals surface area contributed by atoms with E-state index >= 15 is 0 Å². The Morgan fingerprint density at radius 1 is 0.438 bits per heavy atom. The number of hydrogen-bond donors (Lipinski definition) is 0. The molecular formula is C26H18Cl2O4. The molecular weight excluding hydrogens is 447 g/mol. The van der Waals surface area contributed by atoms with E-state index in [9.17, 15) is 9.59 Å². The summed E-state index contributed by atoms with van der Waals surface area (Å²) in [5.74, 6) is 3.22. The first-order valence-corrected chi connectivity index (χ1v) is 10.3. The first-order valence-electron chi connectivity index (χ1n) is 9.57. The molecule has 0 bridgehead atoms. The zero-order chi connectivity index (χ0) is 22.8. The predicted octanol–water partition coefficient (Wildman–Crippen LogP) is 7.72. The van der Waals surface area contributed by atoms with Gasteiger partial charge in [-0.2, -0.15) is 0 Å². The van der Waals surface area contributed by atoms with Gasteiger partial charge in [0, 0.05) is 11.1 Å². The normalized spacial score (nSPS) is 9.81. The molecule has 0 aliphatic heterocycles. The molecule has 0 aliphatic carbocycles. The highest BCUT2D eigenvalue weighted by molar-refractivity contribution is 6.68. The Morgan fingerprint density at radius 3 is 1.00 bits per heavy atom. The third-order valence-electron chi connectivity index (χ3n) is 4.12. The SMILES string of the molecule is O=C(Cl)c1ccc(C(=O)Cl)cc1.c1ccc(Oc2ccc(Oc3ccccc3)cc2)cc1. The van der Waals surface area contributed by atoms with Crippen molar-refractivity contribution < 1.29 is 19.1 Å². The average molecular weight is 465 g/mol. The second-order valence-electron chi connectivity index (χ2n) is 6.43. The Balaban J connectivity index is 0.000000207. The summed E-state index contributed by atoms with van der Waals surface area (Å²) in [6.07, 6.45) is 0. The van der Waals surface area contributed by atoms with E-state index < -0.39 is 10.5 Å². The molecule has 4 rings (SSSR count). The topological polar surface area (TPSA) is 52.6 Å². The number of carbonyl (C=O) groups is 2. The molecule has 0 saturated heterocycles. The van der Waals surface area contributed by atoms with Crippen molar-refractivity contribution in [3.05, 3.63) is 120 Å². The van der Waals surface area contributed by atoms with Crippen molar-refractivity contribution in [3.63, 3.8) is 0 Å². The highest BCUT2D eigenvalue weighted by atomic mass is 35.5. The molecule has 0 radical (unpaired) electrons. The number of carbonyl (C=O) groups excluding carboxylic acids is 2. The van der Waals surface area contributed by atoms with Crippen LogP contribution < -0.4 is 9.47 Å². The van der Waals surface area contributed by atoms with Crippen LogP contribution in [-0.4, -0.2) is 10.5 Å². The minimum atomic E-state index is -0.552. The van der Waals surface area contributed by atoms with E-state index in [-0.39, 0.29) is 0 Å². The molecule has 0 aliphatic rings. The molecule has 4 aromatic carbocycles. The number of hydrogen-bond acceptors (Lipinski definition) is 4. The standard InChI is InChI=1S/C18H14O2.C8H4Cl2O2/c1-3-7-15(8-4-1)19-17-11-13-18(14-12-17)20-16-9-5-2-6-10-16;9-7(11)5-1-2-6(4-3-5)8(10)12/h1-14H;1-4H. The van der Waals surface area contributed by atoms with E-state index in [4.69, 9.17) is 32.7 Å². The Kier molecular flexibility index (Phi) is 8.44. The van der Waals surface area contributed by atoms with Gasteiger partial charge in [-0.3, -0.25) is 9.59 Å². The monoisotopic (exact) mass is 464 g/mol. The number of halogens is 2. The summed E-state index contributed by atoms with van der Waals surface area (Å²) in [5.41, 5.74) is 0.691. The Bertz CT molecular complexity index is 1050. The number of para-hydroxylation sites is 2. The van der Waals surface area contributed by atoms with Gasteiger partial charge >= 0.3 is 0 Å². The summed E-state index contributed by atoms with van der Waals surface area (Å²) in [6.45, 7) is 0. The second-order valence-corrected chi connectivity index (χ2v) is 7.11. The lowest BCUT2D eigenvalue weighted by Gasteiger charge is -2.08. The van der Waals surface area contributed by atoms with Crippen LogP contribution in [0, 0.1) is 0 Å². The maximum Gasteiger partial charge on any atom is 0.252 e. The molecule has 0 aromatic heterocycles. The molecule has 32 heavy (non-hydrogen) atoms. The van der Waals surface area contributed by atoms with Crippen LogP contribution in [0.5, 0.6) is 23.0 Å². The van der Waals surface area contributed by atoms with E-state index in [0.717, 1.165) is 23.0 Å². The van der Waals surface area contributed by atoms with E-state index in [0.29, 0.717) is 11.1 Å². The van der Waals surface area contributed by atoms with Crippen LogP contribution in [0.3, 0.4) is 0 Å². The third kappa shape index (κ3) is 7.27. The quantitative estimate of drug-likeness (QED) is 0.274. The van der Waals surface area contributed by atoms with Crippen LogP contribution in [0.2, 0.25) is 0 Å². The van der Waals surface area contributed by atoms with Gasteiger partial charge in [0.25, 0.3) is 10.5 Å². The summed E-state index contributed by atoms with van der Waals surface area (Å²) in [5, 5.41) is -1.10. The lowest BCUT2D eigenvalue weighted by atomic mass is 10.2. The molecule has 6 heteroatoms. The minimum Gasteiger partial charge on any atom is -0.457 e. The molecule has 0 fully saturated rings. The number of ether oxygens (including phenoxy) is 2. The molecule has 0 saturated carbocycles. The summed E-state index contributed by atoms with van der Waals surface area (Å²) in [6, 6.07) is 32.8. The van der Waals surface area contributed by atoms with Crippen molar-refractivity contribution in [2.45, 2.75) is 0 Å². The second kappa shape index (κ2) is 11.7. The van der Waals surface area contributed by atoms with Gasteiger partial charge in [-0.25, -0.2) is 0 Å². The molecule has 4 nitrogen and oxygen atoms in total. The van der Waals surface area contributed by atoms with Crippen LogP contribution in [0.4, 0.5) is 0 Å². The van der Waals surface area contributed by atoms with Gasteiger partial charge in [0.1, 0.15) is 23.0 Å². The van der Waals surface area contributed by atoms with E-state index in [2.05, 4.69) is 0 Å². The molecule has 0 heterocycles. The van der Waals surface area contributed by atoms with E-state index in [1.807, 2.05) is 84.9 Å². The van der Waals surface area contributed by atoms with Crippen molar-refractivity contribution in [2.75, 3.05) is 0 Å². The third-order valence-corrected chi connectivity index (χ3v) is 4.56. The predicted molar refractivity (Wildman–Crippen MR) is 126 cm³/mol. The van der Waals surface area contributed by atoms with E-state index in [1.165, 1.54) is 24.3 Å². The fraction of sp³-hybridized carbons (Fsp3) is 0. The van der Waals surface area contributed by atoms with Crippen molar-refractivity contribution in [1.29, 1.82) is 0 Å². The number of benzene rings is 4. The highest BCUT2D eigenvalue weighted by Gasteiger charge is 2.04. The minimum absolute atomic E-state index is 0.346. The van der Waals surface area contributed by atoms with E-state index in [1.54, 1.807) is 0 Å². The molecule has 0 N–H and O–H groups in total. The smallest absolute Gasteiger partial charge is 0.252 e. The van der Waals surface area contributed by atoms with Crippen LogP contribution in [0.25, 0.3) is 0 Å². The summed E-state index contributed by atoms with van der Waals surface area (Å²) in [4.78, 5) is 21.1. The van der Waals surface area contributed by atoms with Gasteiger partial charge < -0.3 is 9.47 Å².